The van der Waals surface area contributed by atoms with Gasteiger partial charge in [0, 0.05) is 6.42 Å². The molecule has 4 heteroatoms. The van der Waals surface area contributed by atoms with Gasteiger partial charge in [-0.25, -0.2) is 4.79 Å². The minimum Gasteiger partial charge on any atom is -0.512 e. The zero-order chi connectivity index (χ0) is 9.56. The molecule has 0 aromatic rings. The molecule has 0 atom stereocenters. The van der Waals surface area contributed by atoms with E-state index in [0.717, 1.165) is 12.8 Å². The summed E-state index contributed by atoms with van der Waals surface area (Å²) < 4.78 is 0. The molecule has 0 amide bonds. The average molecular weight is 174 g/mol. The highest BCUT2D eigenvalue weighted by atomic mass is 17.1. The maximum Gasteiger partial charge on any atom is 0.371 e. The SMILES string of the molecule is CCCCC(O)=C(C)C(=O)OO. The van der Waals surface area contributed by atoms with E-state index in [2.05, 4.69) is 4.89 Å². The Morgan fingerprint density at radius 1 is 1.50 bits per heavy atom. The Kier molecular flexibility index (Phi) is 5.12. The van der Waals surface area contributed by atoms with E-state index in [9.17, 15) is 9.90 Å². The molecule has 0 aliphatic carbocycles. The van der Waals surface area contributed by atoms with Crippen LogP contribution in [-0.4, -0.2) is 16.3 Å². The Hall–Kier alpha value is -1.03. The highest BCUT2D eigenvalue weighted by Gasteiger charge is 2.10. The largest absolute Gasteiger partial charge is 0.512 e. The molecule has 4 nitrogen and oxygen atoms in total. The fraction of sp³-hybridized carbons (Fsp3) is 0.625. The molecule has 12 heavy (non-hydrogen) atoms. The first-order valence-corrected chi connectivity index (χ1v) is 3.88. The van der Waals surface area contributed by atoms with Gasteiger partial charge in [-0.05, 0) is 13.3 Å². The molecule has 0 rings (SSSR count). The summed E-state index contributed by atoms with van der Waals surface area (Å²) in [6.45, 7) is 3.39. The minimum absolute atomic E-state index is 0.0177. The van der Waals surface area contributed by atoms with Gasteiger partial charge >= 0.3 is 5.97 Å². The second-order valence-electron chi connectivity index (χ2n) is 2.55. The van der Waals surface area contributed by atoms with E-state index in [0.29, 0.717) is 6.42 Å². The van der Waals surface area contributed by atoms with Crippen LogP contribution in [0.5, 0.6) is 0 Å². The number of hydrogen-bond donors (Lipinski definition) is 2. The van der Waals surface area contributed by atoms with Crippen LogP contribution in [0.15, 0.2) is 11.3 Å². The van der Waals surface area contributed by atoms with Crippen molar-refractivity contribution in [2.24, 2.45) is 0 Å². The van der Waals surface area contributed by atoms with Crippen LogP contribution in [0.1, 0.15) is 33.1 Å². The number of allylic oxidation sites excluding steroid dienone is 1. The maximum absolute atomic E-state index is 10.6. The lowest BCUT2D eigenvalue weighted by Crippen LogP contribution is -2.05. The normalized spacial score (nSPS) is 12.2. The number of aliphatic hydroxyl groups is 1. The van der Waals surface area contributed by atoms with Crippen molar-refractivity contribution in [3.05, 3.63) is 11.3 Å². The minimum atomic E-state index is -0.899. The first kappa shape index (κ1) is 11.0. The Balaban J connectivity index is 4.15. The fourth-order valence-corrected chi connectivity index (χ4v) is 0.718. The molecule has 0 aliphatic rings. The number of unbranched alkanes of at least 4 members (excludes halogenated alkanes) is 1. The molecule has 70 valence electrons. The van der Waals surface area contributed by atoms with Crippen molar-refractivity contribution in [3.63, 3.8) is 0 Å². The summed E-state index contributed by atoms with van der Waals surface area (Å²) in [5, 5.41) is 17.2. The highest BCUT2D eigenvalue weighted by Crippen LogP contribution is 2.10. The van der Waals surface area contributed by atoms with Crippen molar-refractivity contribution in [2.75, 3.05) is 0 Å². The van der Waals surface area contributed by atoms with Crippen LogP contribution in [0.4, 0.5) is 0 Å². The van der Waals surface area contributed by atoms with Gasteiger partial charge in [0.1, 0.15) is 5.76 Å². The van der Waals surface area contributed by atoms with E-state index < -0.39 is 5.97 Å². The number of aliphatic hydroxyl groups excluding tert-OH is 1. The predicted octanol–water partition coefficient (Wildman–Crippen LogP) is 2.02. The summed E-state index contributed by atoms with van der Waals surface area (Å²) in [5.74, 6) is -0.917. The van der Waals surface area contributed by atoms with Crippen LogP contribution in [0.3, 0.4) is 0 Å². The van der Waals surface area contributed by atoms with Crippen LogP contribution in [0, 0.1) is 0 Å². The molecular formula is C8H14O4. The van der Waals surface area contributed by atoms with E-state index in [-0.39, 0.29) is 11.3 Å². The molecule has 0 aliphatic heterocycles. The predicted molar refractivity (Wildman–Crippen MR) is 43.6 cm³/mol. The number of rotatable bonds is 4. The monoisotopic (exact) mass is 174 g/mol. The lowest BCUT2D eigenvalue weighted by Gasteiger charge is -2.01. The van der Waals surface area contributed by atoms with Gasteiger partial charge in [0.05, 0.1) is 5.57 Å². The standard InChI is InChI=1S/C8H14O4/c1-3-4-5-7(9)6(2)8(10)12-11/h9,11H,3-5H2,1-2H3. The van der Waals surface area contributed by atoms with Crippen LogP contribution in [0.2, 0.25) is 0 Å². The number of carbonyl (C=O) groups excluding carboxylic acids is 1. The van der Waals surface area contributed by atoms with Crippen molar-refractivity contribution in [1.82, 2.24) is 0 Å². The maximum atomic E-state index is 10.6. The molecule has 0 unspecified atom stereocenters. The van der Waals surface area contributed by atoms with Crippen LogP contribution < -0.4 is 0 Å². The Bertz CT molecular complexity index is 183. The van der Waals surface area contributed by atoms with Crippen LogP contribution in [-0.2, 0) is 9.68 Å². The van der Waals surface area contributed by atoms with E-state index >= 15 is 0 Å². The number of carbonyl (C=O) groups is 1. The van der Waals surface area contributed by atoms with Gasteiger partial charge in [-0.15, -0.1) is 0 Å². The topological polar surface area (TPSA) is 66.8 Å². The molecule has 0 heterocycles. The van der Waals surface area contributed by atoms with Gasteiger partial charge in [-0.2, -0.15) is 5.26 Å². The first-order chi connectivity index (χ1) is 5.63. The summed E-state index contributed by atoms with van der Waals surface area (Å²) in [7, 11) is 0. The third-order valence-corrected chi connectivity index (χ3v) is 1.59. The van der Waals surface area contributed by atoms with Gasteiger partial charge in [0.25, 0.3) is 0 Å². The van der Waals surface area contributed by atoms with E-state index in [1.165, 1.54) is 6.92 Å². The smallest absolute Gasteiger partial charge is 0.371 e. The fourth-order valence-electron chi connectivity index (χ4n) is 0.718. The molecule has 0 saturated heterocycles. The first-order valence-electron chi connectivity index (χ1n) is 3.88. The van der Waals surface area contributed by atoms with Gasteiger partial charge < -0.3 is 5.11 Å². The second kappa shape index (κ2) is 5.60. The van der Waals surface area contributed by atoms with E-state index in [1.807, 2.05) is 6.92 Å². The summed E-state index contributed by atoms with van der Waals surface area (Å²) in [6, 6.07) is 0. The van der Waals surface area contributed by atoms with E-state index in [4.69, 9.17) is 5.26 Å². The average Bonchev–Trinajstić information content (AvgIpc) is 2.11. The van der Waals surface area contributed by atoms with Gasteiger partial charge in [-0.3, -0.25) is 4.89 Å². The molecule has 0 aromatic carbocycles. The van der Waals surface area contributed by atoms with Crippen molar-refractivity contribution in [3.8, 4) is 0 Å². The zero-order valence-corrected chi connectivity index (χ0v) is 7.33. The molecule has 0 saturated carbocycles. The van der Waals surface area contributed by atoms with Crippen molar-refractivity contribution >= 4 is 5.97 Å². The molecule has 0 aromatic heterocycles. The van der Waals surface area contributed by atoms with Crippen LogP contribution >= 0.6 is 0 Å². The molecular weight excluding hydrogens is 160 g/mol. The highest BCUT2D eigenvalue weighted by molar-refractivity contribution is 5.87. The summed E-state index contributed by atoms with van der Waals surface area (Å²) in [5.41, 5.74) is 0.0611. The Morgan fingerprint density at radius 2 is 2.08 bits per heavy atom. The molecule has 2 N–H and O–H groups in total. The summed E-state index contributed by atoms with van der Waals surface area (Å²) in [4.78, 5) is 14.1. The van der Waals surface area contributed by atoms with Gasteiger partial charge in [0.2, 0.25) is 0 Å². The Labute approximate surface area is 71.4 Å². The molecule has 0 fully saturated rings. The van der Waals surface area contributed by atoms with Crippen molar-refractivity contribution in [1.29, 1.82) is 0 Å². The molecule has 0 radical (unpaired) electrons. The zero-order valence-electron chi connectivity index (χ0n) is 7.33. The third kappa shape index (κ3) is 3.39. The summed E-state index contributed by atoms with van der Waals surface area (Å²) in [6.07, 6.45) is 2.19. The summed E-state index contributed by atoms with van der Waals surface area (Å²) >= 11 is 0. The van der Waals surface area contributed by atoms with Crippen molar-refractivity contribution in [2.45, 2.75) is 33.1 Å². The molecule has 0 spiro atoms. The van der Waals surface area contributed by atoms with Crippen LogP contribution in [0.25, 0.3) is 0 Å². The van der Waals surface area contributed by atoms with Crippen molar-refractivity contribution < 1.29 is 20.0 Å². The molecule has 0 bridgehead atoms. The quantitative estimate of drug-likeness (QED) is 0.296. The number of hydrogen-bond acceptors (Lipinski definition) is 4. The lowest BCUT2D eigenvalue weighted by molar-refractivity contribution is -0.229. The van der Waals surface area contributed by atoms with Gasteiger partial charge in [0.15, 0.2) is 0 Å². The lowest BCUT2D eigenvalue weighted by atomic mass is 10.1. The Morgan fingerprint density at radius 3 is 2.50 bits per heavy atom. The van der Waals surface area contributed by atoms with Gasteiger partial charge in [-0.1, -0.05) is 13.3 Å². The van der Waals surface area contributed by atoms with E-state index in [1.54, 1.807) is 0 Å². The third-order valence-electron chi connectivity index (χ3n) is 1.59. The second-order valence-corrected chi connectivity index (χ2v) is 2.55.